The summed E-state index contributed by atoms with van der Waals surface area (Å²) in [6, 6.07) is 2.46. The monoisotopic (exact) mass is 170 g/mol. The van der Waals surface area contributed by atoms with Gasteiger partial charge in [0.25, 0.3) is 0 Å². The minimum absolute atomic E-state index is 0.339. The van der Waals surface area contributed by atoms with Crippen molar-refractivity contribution in [3.05, 3.63) is 22.4 Å². The molecular weight excluding hydrogens is 156 g/mol. The third-order valence-electron chi connectivity index (χ3n) is 1.63. The van der Waals surface area contributed by atoms with E-state index in [1.807, 2.05) is 0 Å². The van der Waals surface area contributed by atoms with Crippen molar-refractivity contribution in [3.8, 4) is 0 Å². The molecule has 0 bridgehead atoms. The van der Waals surface area contributed by atoms with Crippen LogP contribution < -0.4 is 11.1 Å². The summed E-state index contributed by atoms with van der Waals surface area (Å²) in [5, 5.41) is 7.53. The van der Waals surface area contributed by atoms with Crippen molar-refractivity contribution in [2.24, 2.45) is 5.73 Å². The first-order valence-electron chi connectivity index (χ1n) is 3.84. The van der Waals surface area contributed by atoms with Gasteiger partial charge in [0.15, 0.2) is 0 Å². The molecule has 0 saturated heterocycles. The molecule has 1 atom stereocenters. The minimum Gasteiger partial charge on any atom is -0.329 e. The molecular formula is C8H14N2S. The van der Waals surface area contributed by atoms with Crippen molar-refractivity contribution in [2.45, 2.75) is 13.0 Å². The van der Waals surface area contributed by atoms with E-state index in [0.29, 0.717) is 12.6 Å². The van der Waals surface area contributed by atoms with Crippen LogP contribution in [0.4, 0.5) is 0 Å². The quantitative estimate of drug-likeness (QED) is 0.716. The van der Waals surface area contributed by atoms with Crippen molar-refractivity contribution >= 4 is 11.3 Å². The highest BCUT2D eigenvalue weighted by molar-refractivity contribution is 7.07. The van der Waals surface area contributed by atoms with Crippen molar-refractivity contribution < 1.29 is 0 Å². The average Bonchev–Trinajstić information content (AvgIpc) is 2.52. The Labute approximate surface area is 71.4 Å². The fourth-order valence-electron chi connectivity index (χ4n) is 1.06. The van der Waals surface area contributed by atoms with Crippen LogP contribution in [-0.4, -0.2) is 13.1 Å². The molecule has 0 spiro atoms. The van der Waals surface area contributed by atoms with Crippen molar-refractivity contribution in [3.63, 3.8) is 0 Å². The summed E-state index contributed by atoms with van der Waals surface area (Å²) in [5.74, 6) is 0. The normalized spacial score (nSPS) is 13.3. The van der Waals surface area contributed by atoms with Gasteiger partial charge in [0.1, 0.15) is 0 Å². The van der Waals surface area contributed by atoms with E-state index in [-0.39, 0.29) is 0 Å². The van der Waals surface area contributed by atoms with Gasteiger partial charge in [-0.15, -0.1) is 0 Å². The number of nitrogens with one attached hydrogen (secondary N) is 1. The number of rotatable bonds is 4. The lowest BCUT2D eigenvalue weighted by atomic mass is 10.1. The molecule has 3 heteroatoms. The fraction of sp³-hybridized carbons (Fsp3) is 0.500. The van der Waals surface area contributed by atoms with Crippen LogP contribution >= 0.6 is 11.3 Å². The van der Waals surface area contributed by atoms with E-state index < -0.39 is 0 Å². The molecule has 0 aliphatic rings. The molecule has 1 aromatic rings. The SMILES string of the molecule is CCNC(CN)c1ccsc1. The predicted molar refractivity (Wildman–Crippen MR) is 49.8 cm³/mol. The zero-order valence-corrected chi connectivity index (χ0v) is 7.53. The molecule has 0 radical (unpaired) electrons. The maximum absolute atomic E-state index is 5.59. The predicted octanol–water partition coefficient (Wildman–Crippen LogP) is 1.36. The highest BCUT2D eigenvalue weighted by atomic mass is 32.1. The lowest BCUT2D eigenvalue weighted by Gasteiger charge is -2.13. The molecule has 0 aliphatic heterocycles. The topological polar surface area (TPSA) is 38.0 Å². The molecule has 1 rings (SSSR count). The standard InChI is InChI=1S/C8H14N2S/c1-2-10-8(5-9)7-3-4-11-6-7/h3-4,6,8,10H,2,5,9H2,1H3. The number of nitrogens with two attached hydrogens (primary N) is 1. The smallest absolute Gasteiger partial charge is 0.0452 e. The fourth-order valence-corrected chi connectivity index (χ4v) is 1.77. The molecule has 1 heterocycles. The van der Waals surface area contributed by atoms with Crippen LogP contribution in [0.25, 0.3) is 0 Å². The van der Waals surface area contributed by atoms with E-state index in [2.05, 4.69) is 29.1 Å². The largest absolute Gasteiger partial charge is 0.329 e. The van der Waals surface area contributed by atoms with Crippen LogP contribution in [0.3, 0.4) is 0 Å². The molecule has 0 aromatic carbocycles. The van der Waals surface area contributed by atoms with Gasteiger partial charge < -0.3 is 11.1 Å². The van der Waals surface area contributed by atoms with Crippen LogP contribution in [0.2, 0.25) is 0 Å². The summed E-state index contributed by atoms with van der Waals surface area (Å²) in [7, 11) is 0. The Hall–Kier alpha value is -0.380. The van der Waals surface area contributed by atoms with Crippen molar-refractivity contribution in [2.75, 3.05) is 13.1 Å². The summed E-state index contributed by atoms with van der Waals surface area (Å²) in [5.41, 5.74) is 6.90. The number of hydrogen-bond acceptors (Lipinski definition) is 3. The van der Waals surface area contributed by atoms with Gasteiger partial charge in [0, 0.05) is 12.6 Å². The van der Waals surface area contributed by atoms with Crippen LogP contribution in [-0.2, 0) is 0 Å². The van der Waals surface area contributed by atoms with Gasteiger partial charge in [0.05, 0.1) is 0 Å². The van der Waals surface area contributed by atoms with Gasteiger partial charge in [-0.1, -0.05) is 6.92 Å². The number of hydrogen-bond donors (Lipinski definition) is 2. The highest BCUT2D eigenvalue weighted by Gasteiger charge is 2.06. The third-order valence-corrected chi connectivity index (χ3v) is 2.33. The molecule has 0 fully saturated rings. The van der Waals surface area contributed by atoms with E-state index in [0.717, 1.165) is 6.54 Å². The van der Waals surface area contributed by atoms with Gasteiger partial charge >= 0.3 is 0 Å². The second kappa shape index (κ2) is 4.49. The number of thiophene rings is 1. The number of likely N-dealkylation sites (N-methyl/N-ethyl adjacent to an activating group) is 1. The lowest BCUT2D eigenvalue weighted by Crippen LogP contribution is -2.27. The second-order valence-corrected chi connectivity index (χ2v) is 3.18. The summed E-state index contributed by atoms with van der Waals surface area (Å²) in [6.07, 6.45) is 0. The van der Waals surface area contributed by atoms with Gasteiger partial charge in [-0.3, -0.25) is 0 Å². The highest BCUT2D eigenvalue weighted by Crippen LogP contribution is 2.14. The summed E-state index contributed by atoms with van der Waals surface area (Å²) in [6.45, 7) is 3.73. The first-order chi connectivity index (χ1) is 5.38. The zero-order chi connectivity index (χ0) is 8.10. The van der Waals surface area contributed by atoms with Gasteiger partial charge in [0.2, 0.25) is 0 Å². The maximum atomic E-state index is 5.59. The maximum Gasteiger partial charge on any atom is 0.0452 e. The molecule has 0 amide bonds. The average molecular weight is 170 g/mol. The Balaban J connectivity index is 2.56. The molecule has 62 valence electrons. The minimum atomic E-state index is 0.339. The van der Waals surface area contributed by atoms with Crippen LogP contribution in [0.15, 0.2) is 16.8 Å². The van der Waals surface area contributed by atoms with Crippen molar-refractivity contribution in [1.29, 1.82) is 0 Å². The van der Waals surface area contributed by atoms with E-state index in [1.165, 1.54) is 5.56 Å². The second-order valence-electron chi connectivity index (χ2n) is 2.40. The Bertz CT molecular complexity index is 184. The summed E-state index contributed by atoms with van der Waals surface area (Å²) < 4.78 is 0. The molecule has 3 N–H and O–H groups in total. The lowest BCUT2D eigenvalue weighted by molar-refractivity contribution is 0.563. The Morgan fingerprint density at radius 1 is 1.73 bits per heavy atom. The molecule has 11 heavy (non-hydrogen) atoms. The van der Waals surface area contributed by atoms with Crippen molar-refractivity contribution in [1.82, 2.24) is 5.32 Å². The molecule has 2 nitrogen and oxygen atoms in total. The van der Waals surface area contributed by atoms with E-state index >= 15 is 0 Å². The molecule has 1 aromatic heterocycles. The Kier molecular flexibility index (Phi) is 3.56. The molecule has 1 unspecified atom stereocenters. The van der Waals surface area contributed by atoms with Crippen LogP contribution in [0, 0.1) is 0 Å². The first kappa shape index (κ1) is 8.71. The van der Waals surface area contributed by atoms with Crippen LogP contribution in [0.1, 0.15) is 18.5 Å². The summed E-state index contributed by atoms with van der Waals surface area (Å²) in [4.78, 5) is 0. The van der Waals surface area contributed by atoms with Gasteiger partial charge in [-0.05, 0) is 28.9 Å². The zero-order valence-electron chi connectivity index (χ0n) is 6.71. The Morgan fingerprint density at radius 3 is 3.00 bits per heavy atom. The third kappa shape index (κ3) is 2.29. The molecule has 0 saturated carbocycles. The summed E-state index contributed by atoms with van der Waals surface area (Å²) >= 11 is 1.71. The van der Waals surface area contributed by atoms with E-state index in [9.17, 15) is 0 Å². The Morgan fingerprint density at radius 2 is 2.55 bits per heavy atom. The van der Waals surface area contributed by atoms with E-state index in [4.69, 9.17) is 5.73 Å². The molecule has 0 aliphatic carbocycles. The van der Waals surface area contributed by atoms with Gasteiger partial charge in [-0.2, -0.15) is 11.3 Å². The first-order valence-corrected chi connectivity index (χ1v) is 4.78. The van der Waals surface area contributed by atoms with Crippen LogP contribution in [0.5, 0.6) is 0 Å². The van der Waals surface area contributed by atoms with Gasteiger partial charge in [-0.25, -0.2) is 0 Å². The van der Waals surface area contributed by atoms with E-state index in [1.54, 1.807) is 11.3 Å².